The second kappa shape index (κ2) is 5.76. The molecular formula is C16H20N2O3. The lowest BCUT2D eigenvalue weighted by molar-refractivity contribution is -0.122. The smallest absolute Gasteiger partial charge is 0.243 e. The first kappa shape index (κ1) is 13.9. The Labute approximate surface area is 124 Å². The molecule has 1 aromatic carbocycles. The molecule has 112 valence electrons. The van der Waals surface area contributed by atoms with Gasteiger partial charge in [-0.1, -0.05) is 0 Å². The van der Waals surface area contributed by atoms with Crippen molar-refractivity contribution in [2.75, 3.05) is 6.61 Å². The normalized spacial score (nSPS) is 20.2. The molecule has 1 aromatic rings. The summed E-state index contributed by atoms with van der Waals surface area (Å²) in [6.45, 7) is 4.58. The quantitative estimate of drug-likeness (QED) is 0.668. The maximum atomic E-state index is 11.6. The molecule has 21 heavy (non-hydrogen) atoms. The van der Waals surface area contributed by atoms with Crippen LogP contribution < -0.4 is 14.9 Å². The number of rotatable bonds is 5. The largest absolute Gasteiger partial charge is 0.493 e. The first-order valence-corrected chi connectivity index (χ1v) is 7.46. The molecule has 1 atom stereocenters. The van der Waals surface area contributed by atoms with Crippen molar-refractivity contribution in [1.82, 2.24) is 5.43 Å². The van der Waals surface area contributed by atoms with Crippen LogP contribution in [0.2, 0.25) is 0 Å². The van der Waals surface area contributed by atoms with E-state index < -0.39 is 0 Å². The third-order valence-electron chi connectivity index (χ3n) is 3.65. The van der Waals surface area contributed by atoms with E-state index in [4.69, 9.17) is 9.47 Å². The molecule has 1 fully saturated rings. The molecule has 1 heterocycles. The number of nitrogens with zero attached hydrogens (tertiary/aromatic N) is 1. The number of ether oxygens (including phenoxy) is 2. The molecule has 1 N–H and O–H groups in total. The maximum Gasteiger partial charge on any atom is 0.243 e. The number of benzene rings is 1. The predicted molar refractivity (Wildman–Crippen MR) is 79.9 cm³/mol. The number of fused-ring (bicyclic) bond motifs is 1. The number of hydrazone groups is 1. The van der Waals surface area contributed by atoms with E-state index in [-0.39, 0.29) is 17.9 Å². The van der Waals surface area contributed by atoms with Crippen LogP contribution in [0.5, 0.6) is 11.5 Å². The molecule has 0 radical (unpaired) electrons. The number of hydrogen-bond donors (Lipinski definition) is 1. The summed E-state index contributed by atoms with van der Waals surface area (Å²) in [4.78, 5) is 11.6. The third kappa shape index (κ3) is 3.17. The van der Waals surface area contributed by atoms with Gasteiger partial charge in [-0.2, -0.15) is 5.10 Å². The maximum absolute atomic E-state index is 11.6. The van der Waals surface area contributed by atoms with Crippen LogP contribution in [0.3, 0.4) is 0 Å². The summed E-state index contributed by atoms with van der Waals surface area (Å²) >= 11 is 0. The highest BCUT2D eigenvalue weighted by atomic mass is 16.5. The number of carbonyl (C=O) groups excluding carboxylic acids is 1. The Morgan fingerprint density at radius 3 is 3.05 bits per heavy atom. The molecule has 0 saturated heterocycles. The standard InChI is InChI=1S/C16H20N2O3/c1-3-20-14-7-12-6-10(2)21-15(12)8-13(14)9-17-18-16(19)11-4-5-11/h7-11H,3-6H2,1-2H3,(H,18,19)/b17-9-/t10-/m1/s1. The zero-order valence-corrected chi connectivity index (χ0v) is 12.4. The van der Waals surface area contributed by atoms with Gasteiger partial charge in [0, 0.05) is 23.5 Å². The van der Waals surface area contributed by atoms with Crippen LogP contribution in [-0.2, 0) is 11.2 Å². The van der Waals surface area contributed by atoms with Crippen LogP contribution in [0, 0.1) is 5.92 Å². The van der Waals surface area contributed by atoms with Gasteiger partial charge in [0.25, 0.3) is 0 Å². The fourth-order valence-corrected chi connectivity index (χ4v) is 2.44. The Kier molecular flexibility index (Phi) is 3.82. The molecule has 5 nitrogen and oxygen atoms in total. The molecular weight excluding hydrogens is 268 g/mol. The highest BCUT2D eigenvalue weighted by Gasteiger charge is 2.29. The average Bonchev–Trinajstić information content (AvgIpc) is 3.22. The van der Waals surface area contributed by atoms with Gasteiger partial charge in [-0.25, -0.2) is 5.43 Å². The topological polar surface area (TPSA) is 59.9 Å². The molecule has 2 aliphatic rings. The van der Waals surface area contributed by atoms with E-state index in [9.17, 15) is 4.79 Å². The minimum absolute atomic E-state index is 0.00441. The molecule has 1 saturated carbocycles. The van der Waals surface area contributed by atoms with Crippen LogP contribution in [0.4, 0.5) is 0 Å². The van der Waals surface area contributed by atoms with Gasteiger partial charge in [-0.3, -0.25) is 4.79 Å². The van der Waals surface area contributed by atoms with Crippen molar-refractivity contribution in [3.05, 3.63) is 23.3 Å². The number of carbonyl (C=O) groups is 1. The number of hydrogen-bond acceptors (Lipinski definition) is 4. The van der Waals surface area contributed by atoms with Gasteiger partial charge in [0.2, 0.25) is 5.91 Å². The van der Waals surface area contributed by atoms with Crippen LogP contribution in [-0.4, -0.2) is 24.8 Å². The summed E-state index contributed by atoms with van der Waals surface area (Å²) in [7, 11) is 0. The van der Waals surface area contributed by atoms with Crippen molar-refractivity contribution >= 4 is 12.1 Å². The van der Waals surface area contributed by atoms with E-state index >= 15 is 0 Å². The molecule has 1 aliphatic heterocycles. The fraction of sp³-hybridized carbons (Fsp3) is 0.500. The summed E-state index contributed by atoms with van der Waals surface area (Å²) in [6, 6.07) is 3.93. The lowest BCUT2D eigenvalue weighted by atomic mass is 10.1. The van der Waals surface area contributed by atoms with Crippen molar-refractivity contribution in [2.45, 2.75) is 39.2 Å². The molecule has 1 amide bonds. The summed E-state index contributed by atoms with van der Waals surface area (Å²) < 4.78 is 11.4. The monoisotopic (exact) mass is 288 g/mol. The number of amides is 1. The van der Waals surface area contributed by atoms with Gasteiger partial charge in [-0.05, 0) is 38.8 Å². The molecule has 0 unspecified atom stereocenters. The van der Waals surface area contributed by atoms with E-state index in [1.165, 1.54) is 0 Å². The molecule has 1 aliphatic carbocycles. The SMILES string of the molecule is CCOc1cc2c(cc1/C=N\NC(=O)C1CC1)O[C@H](C)C2. The van der Waals surface area contributed by atoms with E-state index in [0.29, 0.717) is 6.61 Å². The first-order chi connectivity index (χ1) is 10.2. The molecule has 3 rings (SSSR count). The predicted octanol–water partition coefficient (Wildman–Crippen LogP) is 2.27. The van der Waals surface area contributed by atoms with Crippen molar-refractivity contribution in [1.29, 1.82) is 0 Å². The Balaban J connectivity index is 1.77. The van der Waals surface area contributed by atoms with E-state index in [2.05, 4.69) is 10.5 Å². The third-order valence-corrected chi connectivity index (χ3v) is 3.65. The van der Waals surface area contributed by atoms with Crippen molar-refractivity contribution in [2.24, 2.45) is 11.0 Å². The van der Waals surface area contributed by atoms with Gasteiger partial charge < -0.3 is 9.47 Å². The summed E-state index contributed by atoms with van der Waals surface area (Å²) in [5, 5.41) is 4.03. The highest BCUT2D eigenvalue weighted by molar-refractivity contribution is 5.87. The Morgan fingerprint density at radius 1 is 1.52 bits per heavy atom. The van der Waals surface area contributed by atoms with Crippen molar-refractivity contribution in [3.8, 4) is 11.5 Å². The minimum Gasteiger partial charge on any atom is -0.493 e. The molecule has 0 aromatic heterocycles. The zero-order valence-electron chi connectivity index (χ0n) is 12.4. The van der Waals surface area contributed by atoms with E-state index in [1.54, 1.807) is 6.21 Å². The average molecular weight is 288 g/mol. The Hall–Kier alpha value is -2.04. The molecule has 5 heteroatoms. The lowest BCUT2D eigenvalue weighted by Crippen LogP contribution is -2.19. The van der Waals surface area contributed by atoms with Gasteiger partial charge in [-0.15, -0.1) is 0 Å². The van der Waals surface area contributed by atoms with Crippen LogP contribution >= 0.6 is 0 Å². The van der Waals surface area contributed by atoms with Gasteiger partial charge in [0.1, 0.15) is 17.6 Å². The zero-order chi connectivity index (χ0) is 14.8. The Morgan fingerprint density at radius 2 is 2.33 bits per heavy atom. The highest BCUT2D eigenvalue weighted by Crippen LogP contribution is 2.34. The van der Waals surface area contributed by atoms with Gasteiger partial charge >= 0.3 is 0 Å². The second-order valence-corrected chi connectivity index (χ2v) is 5.57. The van der Waals surface area contributed by atoms with Crippen LogP contribution in [0.1, 0.15) is 37.8 Å². The molecule has 0 spiro atoms. The molecule has 0 bridgehead atoms. The number of nitrogens with one attached hydrogen (secondary N) is 1. The van der Waals surface area contributed by atoms with Crippen molar-refractivity contribution in [3.63, 3.8) is 0 Å². The van der Waals surface area contributed by atoms with E-state index in [0.717, 1.165) is 41.9 Å². The van der Waals surface area contributed by atoms with Gasteiger partial charge in [0.05, 0.1) is 12.8 Å². The van der Waals surface area contributed by atoms with Crippen molar-refractivity contribution < 1.29 is 14.3 Å². The Bertz CT molecular complexity index is 579. The fourth-order valence-electron chi connectivity index (χ4n) is 2.44. The van der Waals surface area contributed by atoms with E-state index in [1.807, 2.05) is 26.0 Å². The van der Waals surface area contributed by atoms with Crippen LogP contribution in [0.15, 0.2) is 17.2 Å². The summed E-state index contributed by atoms with van der Waals surface area (Å²) in [6.07, 6.45) is 4.64. The second-order valence-electron chi connectivity index (χ2n) is 5.57. The minimum atomic E-state index is -0.00441. The summed E-state index contributed by atoms with van der Waals surface area (Å²) in [5.41, 5.74) is 4.55. The van der Waals surface area contributed by atoms with Crippen LogP contribution in [0.25, 0.3) is 0 Å². The lowest BCUT2D eigenvalue weighted by Gasteiger charge is -2.09. The first-order valence-electron chi connectivity index (χ1n) is 7.46. The summed E-state index contributed by atoms with van der Waals surface area (Å²) in [5.74, 6) is 1.80. The van der Waals surface area contributed by atoms with Gasteiger partial charge in [0.15, 0.2) is 0 Å².